The van der Waals surface area contributed by atoms with Crippen molar-refractivity contribution in [2.24, 2.45) is 0 Å². The second kappa shape index (κ2) is 7.04. The van der Waals surface area contributed by atoms with Crippen LogP contribution in [0.2, 0.25) is 0 Å². The average molecular weight is 284 g/mol. The molecule has 6 heteroatoms. The van der Waals surface area contributed by atoms with Crippen molar-refractivity contribution in [1.29, 1.82) is 0 Å². The van der Waals surface area contributed by atoms with Gasteiger partial charge in [-0.1, -0.05) is 12.1 Å². The van der Waals surface area contributed by atoms with Gasteiger partial charge >= 0.3 is 0 Å². The van der Waals surface area contributed by atoms with E-state index in [2.05, 4.69) is 15.6 Å². The Morgan fingerprint density at radius 1 is 1.00 bits per heavy atom. The van der Waals surface area contributed by atoms with E-state index in [1.54, 1.807) is 42.6 Å². The van der Waals surface area contributed by atoms with E-state index in [0.29, 0.717) is 29.9 Å². The summed E-state index contributed by atoms with van der Waals surface area (Å²) in [5.41, 5.74) is 7.05. The molecule has 4 N–H and O–H groups in total. The number of benzene rings is 1. The fourth-order valence-corrected chi connectivity index (χ4v) is 1.75. The first-order chi connectivity index (χ1) is 10.2. The molecule has 0 aliphatic heterocycles. The number of carbonyl (C=O) groups is 2. The number of nitrogens with two attached hydrogens (primary N) is 1. The molecular formula is C15H16N4O2. The Bertz CT molecular complexity index is 629. The molecule has 0 bridgehead atoms. The van der Waals surface area contributed by atoms with Crippen LogP contribution < -0.4 is 16.4 Å². The van der Waals surface area contributed by atoms with Gasteiger partial charge in [0, 0.05) is 31.2 Å². The lowest BCUT2D eigenvalue weighted by Gasteiger charge is -2.08. The van der Waals surface area contributed by atoms with Gasteiger partial charge in [0.1, 0.15) is 0 Å². The van der Waals surface area contributed by atoms with Gasteiger partial charge in [-0.2, -0.15) is 0 Å². The maximum absolute atomic E-state index is 11.9. The van der Waals surface area contributed by atoms with Crippen molar-refractivity contribution in [3.05, 3.63) is 59.9 Å². The molecule has 6 nitrogen and oxygen atoms in total. The van der Waals surface area contributed by atoms with E-state index in [9.17, 15) is 9.59 Å². The van der Waals surface area contributed by atoms with E-state index < -0.39 is 0 Å². The van der Waals surface area contributed by atoms with Gasteiger partial charge in [-0.3, -0.25) is 14.6 Å². The minimum Gasteiger partial charge on any atom is -0.398 e. The summed E-state index contributed by atoms with van der Waals surface area (Å²) in [5, 5.41) is 5.39. The number of nitrogens with one attached hydrogen (secondary N) is 2. The highest BCUT2D eigenvalue weighted by atomic mass is 16.2. The molecule has 0 saturated carbocycles. The highest BCUT2D eigenvalue weighted by Crippen LogP contribution is 2.09. The van der Waals surface area contributed by atoms with Gasteiger partial charge in [0.05, 0.1) is 11.1 Å². The van der Waals surface area contributed by atoms with Crippen LogP contribution in [-0.2, 0) is 0 Å². The molecule has 1 aromatic carbocycles. The zero-order valence-corrected chi connectivity index (χ0v) is 11.4. The number of anilines is 1. The number of nitrogen functional groups attached to an aromatic ring is 1. The Morgan fingerprint density at radius 3 is 2.38 bits per heavy atom. The second-order valence-electron chi connectivity index (χ2n) is 4.34. The zero-order chi connectivity index (χ0) is 15.1. The summed E-state index contributed by atoms with van der Waals surface area (Å²) in [6, 6.07) is 10.2. The third kappa shape index (κ3) is 4.04. The molecule has 0 aliphatic carbocycles. The van der Waals surface area contributed by atoms with Crippen LogP contribution in [0.25, 0.3) is 0 Å². The SMILES string of the molecule is Nc1ccccc1C(=O)NCCNC(=O)c1cccnc1. The summed E-state index contributed by atoms with van der Waals surface area (Å²) in [4.78, 5) is 27.5. The van der Waals surface area contributed by atoms with Gasteiger partial charge in [0.2, 0.25) is 0 Å². The number of nitrogens with zero attached hydrogens (tertiary/aromatic N) is 1. The fourth-order valence-electron chi connectivity index (χ4n) is 1.75. The lowest BCUT2D eigenvalue weighted by Crippen LogP contribution is -2.34. The van der Waals surface area contributed by atoms with Crippen molar-refractivity contribution < 1.29 is 9.59 Å². The Labute approximate surface area is 122 Å². The van der Waals surface area contributed by atoms with Crippen LogP contribution in [0.3, 0.4) is 0 Å². The largest absolute Gasteiger partial charge is 0.398 e. The predicted octanol–water partition coefficient (Wildman–Crippen LogP) is 0.824. The maximum atomic E-state index is 11.9. The number of hydrogen-bond acceptors (Lipinski definition) is 4. The first kappa shape index (κ1) is 14.5. The molecule has 0 atom stereocenters. The monoisotopic (exact) mass is 284 g/mol. The smallest absolute Gasteiger partial charge is 0.253 e. The number of para-hydroxylation sites is 1. The number of aromatic nitrogens is 1. The summed E-state index contributed by atoms with van der Waals surface area (Å²) < 4.78 is 0. The number of amides is 2. The minimum absolute atomic E-state index is 0.225. The van der Waals surface area contributed by atoms with E-state index in [-0.39, 0.29) is 11.8 Å². The number of pyridine rings is 1. The molecule has 0 aliphatic rings. The van der Waals surface area contributed by atoms with Crippen LogP contribution in [-0.4, -0.2) is 29.9 Å². The molecular weight excluding hydrogens is 268 g/mol. The van der Waals surface area contributed by atoms with Crippen molar-refractivity contribution in [3.63, 3.8) is 0 Å². The van der Waals surface area contributed by atoms with Crippen molar-refractivity contribution >= 4 is 17.5 Å². The zero-order valence-electron chi connectivity index (χ0n) is 11.4. The first-order valence-corrected chi connectivity index (χ1v) is 6.49. The lowest BCUT2D eigenvalue weighted by molar-refractivity contribution is 0.0928. The summed E-state index contributed by atoms with van der Waals surface area (Å²) in [7, 11) is 0. The van der Waals surface area contributed by atoms with Crippen LogP contribution in [0, 0.1) is 0 Å². The maximum Gasteiger partial charge on any atom is 0.253 e. The lowest BCUT2D eigenvalue weighted by atomic mass is 10.1. The first-order valence-electron chi connectivity index (χ1n) is 6.49. The van der Waals surface area contributed by atoms with Crippen molar-refractivity contribution in [2.45, 2.75) is 0 Å². The summed E-state index contributed by atoms with van der Waals surface area (Å²) in [6.45, 7) is 0.644. The van der Waals surface area contributed by atoms with Gasteiger partial charge in [0.25, 0.3) is 11.8 Å². The number of rotatable bonds is 5. The highest BCUT2D eigenvalue weighted by Gasteiger charge is 2.08. The highest BCUT2D eigenvalue weighted by molar-refractivity contribution is 5.99. The summed E-state index contributed by atoms with van der Waals surface area (Å²) >= 11 is 0. The average Bonchev–Trinajstić information content (AvgIpc) is 2.52. The molecule has 1 heterocycles. The van der Waals surface area contributed by atoms with Crippen LogP contribution in [0.5, 0.6) is 0 Å². The molecule has 1 aromatic heterocycles. The van der Waals surface area contributed by atoms with Crippen molar-refractivity contribution in [3.8, 4) is 0 Å². The molecule has 0 fully saturated rings. The molecule has 2 aromatic rings. The van der Waals surface area contributed by atoms with Crippen molar-refractivity contribution in [1.82, 2.24) is 15.6 Å². The molecule has 2 amide bonds. The van der Waals surface area contributed by atoms with Gasteiger partial charge in [-0.25, -0.2) is 0 Å². The second-order valence-corrected chi connectivity index (χ2v) is 4.34. The molecule has 2 rings (SSSR count). The van der Waals surface area contributed by atoms with E-state index >= 15 is 0 Å². The molecule has 0 radical (unpaired) electrons. The van der Waals surface area contributed by atoms with E-state index in [4.69, 9.17) is 5.73 Å². The summed E-state index contributed by atoms with van der Waals surface area (Å²) in [5.74, 6) is -0.486. The Balaban J connectivity index is 1.76. The van der Waals surface area contributed by atoms with Crippen LogP contribution >= 0.6 is 0 Å². The number of hydrogen-bond donors (Lipinski definition) is 3. The Kier molecular flexibility index (Phi) is 4.87. The molecule has 21 heavy (non-hydrogen) atoms. The standard InChI is InChI=1S/C15H16N4O2/c16-13-6-2-1-5-12(13)15(21)19-9-8-18-14(20)11-4-3-7-17-10-11/h1-7,10H,8-9,16H2,(H,18,20)(H,19,21). The number of carbonyl (C=O) groups excluding carboxylic acids is 2. The van der Waals surface area contributed by atoms with Gasteiger partial charge in [0.15, 0.2) is 0 Å². The normalized spacial score (nSPS) is 9.90. The van der Waals surface area contributed by atoms with Crippen LogP contribution in [0.1, 0.15) is 20.7 Å². The van der Waals surface area contributed by atoms with Gasteiger partial charge in [-0.05, 0) is 24.3 Å². The Morgan fingerprint density at radius 2 is 1.71 bits per heavy atom. The molecule has 0 unspecified atom stereocenters. The van der Waals surface area contributed by atoms with Crippen LogP contribution in [0.4, 0.5) is 5.69 Å². The third-order valence-corrected chi connectivity index (χ3v) is 2.83. The van der Waals surface area contributed by atoms with E-state index in [1.807, 2.05) is 0 Å². The van der Waals surface area contributed by atoms with Gasteiger partial charge in [-0.15, -0.1) is 0 Å². The van der Waals surface area contributed by atoms with Gasteiger partial charge < -0.3 is 16.4 Å². The predicted molar refractivity (Wildman–Crippen MR) is 79.8 cm³/mol. The summed E-state index contributed by atoms with van der Waals surface area (Å²) in [6.07, 6.45) is 3.08. The van der Waals surface area contributed by atoms with E-state index in [0.717, 1.165) is 0 Å². The Hall–Kier alpha value is -2.89. The minimum atomic E-state index is -0.260. The molecule has 108 valence electrons. The van der Waals surface area contributed by atoms with Crippen molar-refractivity contribution in [2.75, 3.05) is 18.8 Å². The quantitative estimate of drug-likeness (QED) is 0.559. The molecule has 0 spiro atoms. The topological polar surface area (TPSA) is 97.1 Å². The van der Waals surface area contributed by atoms with Crippen LogP contribution in [0.15, 0.2) is 48.8 Å². The fraction of sp³-hybridized carbons (Fsp3) is 0.133. The third-order valence-electron chi connectivity index (χ3n) is 2.83. The molecule has 0 saturated heterocycles. The van der Waals surface area contributed by atoms with E-state index in [1.165, 1.54) is 6.20 Å².